The van der Waals surface area contributed by atoms with Crippen molar-refractivity contribution < 1.29 is 0 Å². The number of rotatable bonds is 6. The van der Waals surface area contributed by atoms with Crippen molar-refractivity contribution in [3.63, 3.8) is 0 Å². The van der Waals surface area contributed by atoms with Crippen molar-refractivity contribution in [1.29, 1.82) is 0 Å². The maximum atomic E-state index is 5.55. The molecule has 0 radical (unpaired) electrons. The largest absolute Gasteiger partial charge is 0.271 e. The molecule has 1 rings (SSSR count). The summed E-state index contributed by atoms with van der Waals surface area (Å²) >= 11 is 0. The maximum absolute atomic E-state index is 5.55. The van der Waals surface area contributed by atoms with Gasteiger partial charge in [-0.05, 0) is 18.3 Å². The molecule has 1 aliphatic carbocycles. The van der Waals surface area contributed by atoms with Crippen molar-refractivity contribution in [3.8, 4) is 0 Å². The molecular formula is C10H22N2. The van der Waals surface area contributed by atoms with Gasteiger partial charge in [-0.2, -0.15) is 0 Å². The second kappa shape index (κ2) is 4.83. The second-order valence-corrected chi connectivity index (χ2v) is 4.03. The molecule has 0 aromatic heterocycles. The summed E-state index contributed by atoms with van der Waals surface area (Å²) in [5.74, 6) is 7.30. The standard InChI is InChI=1S/C10H22N2/c1-3-9(4-2)10(12-11)7-8-5-6-8/h8-10,12H,3-7,11H2,1-2H3. The molecule has 0 saturated heterocycles. The summed E-state index contributed by atoms with van der Waals surface area (Å²) in [6.45, 7) is 4.51. The van der Waals surface area contributed by atoms with Gasteiger partial charge in [-0.3, -0.25) is 11.3 Å². The van der Waals surface area contributed by atoms with E-state index in [1.165, 1.54) is 32.1 Å². The summed E-state index contributed by atoms with van der Waals surface area (Å²) in [6, 6.07) is 0.562. The Kier molecular flexibility index (Phi) is 4.02. The van der Waals surface area contributed by atoms with Crippen LogP contribution in [0.2, 0.25) is 0 Å². The zero-order valence-electron chi connectivity index (χ0n) is 8.34. The Bertz CT molecular complexity index is 117. The highest BCUT2D eigenvalue weighted by molar-refractivity contribution is 4.82. The van der Waals surface area contributed by atoms with Gasteiger partial charge < -0.3 is 0 Å². The molecule has 1 atom stereocenters. The summed E-state index contributed by atoms with van der Waals surface area (Å²) in [5, 5.41) is 0. The third-order valence-electron chi connectivity index (χ3n) is 3.12. The van der Waals surface area contributed by atoms with E-state index < -0.39 is 0 Å². The van der Waals surface area contributed by atoms with E-state index in [4.69, 9.17) is 5.84 Å². The first-order chi connectivity index (χ1) is 5.81. The summed E-state index contributed by atoms with van der Waals surface area (Å²) in [5.41, 5.74) is 2.98. The van der Waals surface area contributed by atoms with Gasteiger partial charge in [0.25, 0.3) is 0 Å². The van der Waals surface area contributed by atoms with E-state index in [9.17, 15) is 0 Å². The van der Waals surface area contributed by atoms with E-state index in [1.807, 2.05) is 0 Å². The smallest absolute Gasteiger partial charge is 0.0241 e. The van der Waals surface area contributed by atoms with Crippen molar-refractivity contribution in [2.24, 2.45) is 17.7 Å². The first-order valence-electron chi connectivity index (χ1n) is 5.27. The van der Waals surface area contributed by atoms with E-state index in [0.717, 1.165) is 11.8 Å². The summed E-state index contributed by atoms with van der Waals surface area (Å²) in [6.07, 6.45) is 6.65. The molecule has 0 aliphatic heterocycles. The number of hydrazine groups is 1. The Balaban J connectivity index is 2.29. The fraction of sp³-hybridized carbons (Fsp3) is 1.00. The average molecular weight is 170 g/mol. The number of nitrogens with one attached hydrogen (secondary N) is 1. The van der Waals surface area contributed by atoms with Crippen LogP contribution in [0.5, 0.6) is 0 Å². The van der Waals surface area contributed by atoms with Crippen LogP contribution >= 0.6 is 0 Å². The van der Waals surface area contributed by atoms with Crippen LogP contribution in [0.25, 0.3) is 0 Å². The predicted octanol–water partition coefficient (Wildman–Crippen LogP) is 2.05. The van der Waals surface area contributed by atoms with Crippen LogP contribution < -0.4 is 11.3 Å². The Labute approximate surface area is 75.9 Å². The minimum atomic E-state index is 0.562. The molecule has 1 aliphatic rings. The van der Waals surface area contributed by atoms with E-state index >= 15 is 0 Å². The van der Waals surface area contributed by atoms with E-state index in [-0.39, 0.29) is 0 Å². The summed E-state index contributed by atoms with van der Waals surface area (Å²) in [7, 11) is 0. The molecule has 1 fully saturated rings. The van der Waals surface area contributed by atoms with Crippen LogP contribution in [-0.4, -0.2) is 6.04 Å². The summed E-state index contributed by atoms with van der Waals surface area (Å²) in [4.78, 5) is 0. The second-order valence-electron chi connectivity index (χ2n) is 4.03. The monoisotopic (exact) mass is 170 g/mol. The molecule has 0 heterocycles. The van der Waals surface area contributed by atoms with Gasteiger partial charge >= 0.3 is 0 Å². The lowest BCUT2D eigenvalue weighted by atomic mass is 9.91. The first kappa shape index (κ1) is 10.0. The van der Waals surface area contributed by atoms with Gasteiger partial charge in [-0.1, -0.05) is 39.5 Å². The van der Waals surface area contributed by atoms with Crippen LogP contribution in [0.4, 0.5) is 0 Å². The Morgan fingerprint density at radius 1 is 1.33 bits per heavy atom. The normalized spacial score (nSPS) is 20.0. The topological polar surface area (TPSA) is 38.0 Å². The van der Waals surface area contributed by atoms with Crippen LogP contribution in [0, 0.1) is 11.8 Å². The Morgan fingerprint density at radius 2 is 1.92 bits per heavy atom. The van der Waals surface area contributed by atoms with Gasteiger partial charge in [0, 0.05) is 6.04 Å². The highest BCUT2D eigenvalue weighted by atomic mass is 15.2. The molecule has 1 saturated carbocycles. The minimum Gasteiger partial charge on any atom is -0.271 e. The van der Waals surface area contributed by atoms with Crippen molar-refractivity contribution in [2.45, 2.75) is 52.0 Å². The molecule has 12 heavy (non-hydrogen) atoms. The van der Waals surface area contributed by atoms with E-state index in [0.29, 0.717) is 6.04 Å². The molecule has 0 aromatic rings. The quantitative estimate of drug-likeness (QED) is 0.473. The van der Waals surface area contributed by atoms with Crippen LogP contribution in [0.15, 0.2) is 0 Å². The maximum Gasteiger partial charge on any atom is 0.0241 e. The van der Waals surface area contributed by atoms with Gasteiger partial charge in [0.15, 0.2) is 0 Å². The molecule has 0 amide bonds. The van der Waals surface area contributed by atoms with Crippen molar-refractivity contribution in [2.75, 3.05) is 0 Å². The minimum absolute atomic E-state index is 0.562. The number of nitrogens with two attached hydrogens (primary N) is 1. The lowest BCUT2D eigenvalue weighted by Crippen LogP contribution is -2.40. The SMILES string of the molecule is CCC(CC)C(CC1CC1)NN. The highest BCUT2D eigenvalue weighted by Crippen LogP contribution is 2.35. The third kappa shape index (κ3) is 2.76. The third-order valence-corrected chi connectivity index (χ3v) is 3.12. The van der Waals surface area contributed by atoms with E-state index in [1.54, 1.807) is 0 Å². The number of hydrogen-bond donors (Lipinski definition) is 2. The Hall–Kier alpha value is -0.0800. The van der Waals surface area contributed by atoms with Crippen molar-refractivity contribution in [3.05, 3.63) is 0 Å². The lowest BCUT2D eigenvalue weighted by molar-refractivity contribution is 0.310. The molecule has 0 spiro atoms. The molecule has 1 unspecified atom stereocenters. The molecule has 72 valence electrons. The molecule has 0 aromatic carbocycles. The lowest BCUT2D eigenvalue weighted by Gasteiger charge is -2.24. The Morgan fingerprint density at radius 3 is 2.25 bits per heavy atom. The summed E-state index contributed by atoms with van der Waals surface area (Å²) < 4.78 is 0. The zero-order chi connectivity index (χ0) is 8.97. The van der Waals surface area contributed by atoms with Gasteiger partial charge in [0.1, 0.15) is 0 Å². The van der Waals surface area contributed by atoms with Gasteiger partial charge in [-0.15, -0.1) is 0 Å². The fourth-order valence-electron chi connectivity index (χ4n) is 1.97. The van der Waals surface area contributed by atoms with Gasteiger partial charge in [0.2, 0.25) is 0 Å². The van der Waals surface area contributed by atoms with Gasteiger partial charge in [0.05, 0.1) is 0 Å². The average Bonchev–Trinajstić information content (AvgIpc) is 2.88. The first-order valence-corrected chi connectivity index (χ1v) is 5.27. The molecule has 2 heteroatoms. The van der Waals surface area contributed by atoms with Gasteiger partial charge in [-0.25, -0.2) is 0 Å². The van der Waals surface area contributed by atoms with E-state index in [2.05, 4.69) is 19.3 Å². The van der Waals surface area contributed by atoms with Crippen molar-refractivity contribution >= 4 is 0 Å². The molecular weight excluding hydrogens is 148 g/mol. The predicted molar refractivity (Wildman–Crippen MR) is 52.5 cm³/mol. The van der Waals surface area contributed by atoms with Crippen LogP contribution in [-0.2, 0) is 0 Å². The molecule has 3 N–H and O–H groups in total. The van der Waals surface area contributed by atoms with Crippen molar-refractivity contribution in [1.82, 2.24) is 5.43 Å². The zero-order valence-corrected chi connectivity index (χ0v) is 8.34. The molecule has 0 bridgehead atoms. The fourth-order valence-corrected chi connectivity index (χ4v) is 1.97. The van der Waals surface area contributed by atoms with Crippen LogP contribution in [0.1, 0.15) is 46.0 Å². The number of hydrogen-bond acceptors (Lipinski definition) is 2. The van der Waals surface area contributed by atoms with Crippen LogP contribution in [0.3, 0.4) is 0 Å². The molecule has 2 nitrogen and oxygen atoms in total. The highest BCUT2D eigenvalue weighted by Gasteiger charge is 2.27.